The van der Waals surface area contributed by atoms with Crippen LogP contribution in [0.15, 0.2) is 0 Å². The van der Waals surface area contributed by atoms with Crippen LogP contribution >= 0.6 is 11.8 Å². The second kappa shape index (κ2) is 4.90. The predicted molar refractivity (Wildman–Crippen MR) is 54.6 cm³/mol. The van der Waals surface area contributed by atoms with Gasteiger partial charge in [0.25, 0.3) is 0 Å². The summed E-state index contributed by atoms with van der Waals surface area (Å²) in [5.74, 6) is 0.325. The summed E-state index contributed by atoms with van der Waals surface area (Å²) in [5, 5.41) is 0.978. The minimum Gasteiger partial charge on any atom is -0.299 e. The molecule has 1 unspecified atom stereocenters. The van der Waals surface area contributed by atoms with E-state index in [1.165, 1.54) is 32.1 Å². The standard InChI is InChI=1S/C10H18OS/c1-8(11)9(2)12-10-6-4-3-5-7-10/h9-10H,3-7H2,1-2H3. The Balaban J connectivity index is 2.24. The van der Waals surface area contributed by atoms with E-state index in [0.29, 0.717) is 5.78 Å². The van der Waals surface area contributed by atoms with Gasteiger partial charge in [-0.05, 0) is 26.7 Å². The third kappa shape index (κ3) is 3.18. The van der Waals surface area contributed by atoms with E-state index in [0.717, 1.165) is 5.25 Å². The monoisotopic (exact) mass is 186 g/mol. The van der Waals surface area contributed by atoms with Crippen molar-refractivity contribution in [3.63, 3.8) is 0 Å². The summed E-state index contributed by atoms with van der Waals surface area (Å²) < 4.78 is 0. The summed E-state index contributed by atoms with van der Waals surface area (Å²) in [7, 11) is 0. The Kier molecular flexibility index (Phi) is 4.13. The maximum atomic E-state index is 11.0. The molecule has 1 aliphatic carbocycles. The summed E-state index contributed by atoms with van der Waals surface area (Å²) in [6, 6.07) is 0. The zero-order valence-electron chi connectivity index (χ0n) is 8.01. The Morgan fingerprint density at radius 2 is 1.92 bits per heavy atom. The molecule has 1 fully saturated rings. The molecule has 0 radical (unpaired) electrons. The molecule has 0 amide bonds. The zero-order chi connectivity index (χ0) is 8.97. The van der Waals surface area contributed by atoms with Gasteiger partial charge in [0.15, 0.2) is 0 Å². The van der Waals surface area contributed by atoms with Crippen molar-refractivity contribution in [3.05, 3.63) is 0 Å². The van der Waals surface area contributed by atoms with Crippen LogP contribution in [0, 0.1) is 0 Å². The average molecular weight is 186 g/mol. The highest BCUT2D eigenvalue weighted by Crippen LogP contribution is 2.30. The molecule has 70 valence electrons. The van der Waals surface area contributed by atoms with Gasteiger partial charge in [0, 0.05) is 5.25 Å². The lowest BCUT2D eigenvalue weighted by atomic mass is 10.0. The molecule has 1 atom stereocenters. The van der Waals surface area contributed by atoms with Crippen molar-refractivity contribution in [3.8, 4) is 0 Å². The van der Waals surface area contributed by atoms with Crippen molar-refractivity contribution in [1.29, 1.82) is 0 Å². The molecule has 0 aromatic carbocycles. The van der Waals surface area contributed by atoms with E-state index < -0.39 is 0 Å². The molecule has 1 aliphatic rings. The first-order valence-corrected chi connectivity index (χ1v) is 5.80. The summed E-state index contributed by atoms with van der Waals surface area (Å²) in [6.45, 7) is 3.72. The average Bonchev–Trinajstić information content (AvgIpc) is 2.06. The number of ketones is 1. The minimum absolute atomic E-state index is 0.216. The fourth-order valence-corrected chi connectivity index (χ4v) is 2.96. The molecule has 0 bridgehead atoms. The molecule has 0 heterocycles. The van der Waals surface area contributed by atoms with Crippen LogP contribution in [-0.4, -0.2) is 16.3 Å². The summed E-state index contributed by atoms with van der Waals surface area (Å²) in [4.78, 5) is 11.0. The van der Waals surface area contributed by atoms with E-state index in [1.807, 2.05) is 18.7 Å². The van der Waals surface area contributed by atoms with Gasteiger partial charge >= 0.3 is 0 Å². The first-order chi connectivity index (χ1) is 5.70. The highest BCUT2D eigenvalue weighted by molar-refractivity contribution is 8.01. The number of carbonyl (C=O) groups is 1. The Morgan fingerprint density at radius 1 is 1.33 bits per heavy atom. The van der Waals surface area contributed by atoms with Crippen molar-refractivity contribution in [2.75, 3.05) is 0 Å². The Bertz CT molecular complexity index is 150. The van der Waals surface area contributed by atoms with Gasteiger partial charge in [0.1, 0.15) is 5.78 Å². The smallest absolute Gasteiger partial charge is 0.142 e. The predicted octanol–water partition coefficient (Wildman–Crippen LogP) is 3.03. The maximum Gasteiger partial charge on any atom is 0.142 e. The van der Waals surface area contributed by atoms with Crippen molar-refractivity contribution in [2.45, 2.75) is 56.5 Å². The fourth-order valence-electron chi connectivity index (χ4n) is 1.59. The molecule has 0 spiro atoms. The first-order valence-electron chi connectivity index (χ1n) is 4.86. The van der Waals surface area contributed by atoms with Gasteiger partial charge in [-0.25, -0.2) is 0 Å². The lowest BCUT2D eigenvalue weighted by Gasteiger charge is -2.23. The Morgan fingerprint density at radius 3 is 2.42 bits per heavy atom. The lowest BCUT2D eigenvalue weighted by molar-refractivity contribution is -0.116. The van der Waals surface area contributed by atoms with Gasteiger partial charge in [0.2, 0.25) is 0 Å². The first kappa shape index (κ1) is 10.1. The SMILES string of the molecule is CC(=O)C(C)SC1CCCCC1. The molecular formula is C10H18OS. The highest BCUT2D eigenvalue weighted by Gasteiger charge is 2.18. The largest absolute Gasteiger partial charge is 0.299 e. The van der Waals surface area contributed by atoms with Crippen LogP contribution < -0.4 is 0 Å². The number of rotatable bonds is 3. The molecule has 1 rings (SSSR count). The van der Waals surface area contributed by atoms with Gasteiger partial charge in [-0.2, -0.15) is 0 Å². The van der Waals surface area contributed by atoms with Crippen LogP contribution in [-0.2, 0) is 4.79 Å². The topological polar surface area (TPSA) is 17.1 Å². The van der Waals surface area contributed by atoms with Crippen molar-refractivity contribution in [1.82, 2.24) is 0 Å². The summed E-state index contributed by atoms with van der Waals surface area (Å²) in [6.07, 6.45) is 6.76. The molecule has 0 saturated heterocycles. The van der Waals surface area contributed by atoms with Gasteiger partial charge in [-0.1, -0.05) is 19.3 Å². The maximum absolute atomic E-state index is 11.0. The zero-order valence-corrected chi connectivity index (χ0v) is 8.82. The van der Waals surface area contributed by atoms with E-state index >= 15 is 0 Å². The number of hydrogen-bond acceptors (Lipinski definition) is 2. The van der Waals surface area contributed by atoms with Gasteiger partial charge in [-0.15, -0.1) is 11.8 Å². The van der Waals surface area contributed by atoms with Crippen molar-refractivity contribution >= 4 is 17.5 Å². The number of hydrogen-bond donors (Lipinski definition) is 0. The fraction of sp³-hybridized carbons (Fsp3) is 0.900. The summed E-state index contributed by atoms with van der Waals surface area (Å²) >= 11 is 1.88. The van der Waals surface area contributed by atoms with Gasteiger partial charge in [0.05, 0.1) is 5.25 Å². The van der Waals surface area contributed by atoms with Crippen LogP contribution in [0.4, 0.5) is 0 Å². The van der Waals surface area contributed by atoms with Crippen LogP contribution in [0.5, 0.6) is 0 Å². The van der Waals surface area contributed by atoms with E-state index in [9.17, 15) is 4.79 Å². The molecule has 0 N–H and O–H groups in total. The number of carbonyl (C=O) groups excluding carboxylic acids is 1. The normalized spacial score (nSPS) is 22.2. The van der Waals surface area contributed by atoms with E-state index in [1.54, 1.807) is 6.92 Å². The molecule has 0 aromatic heterocycles. The molecule has 0 aromatic rings. The van der Waals surface area contributed by atoms with Crippen LogP contribution in [0.3, 0.4) is 0 Å². The van der Waals surface area contributed by atoms with Crippen LogP contribution in [0.1, 0.15) is 46.0 Å². The van der Waals surface area contributed by atoms with Gasteiger partial charge in [-0.3, -0.25) is 4.79 Å². The third-order valence-electron chi connectivity index (χ3n) is 2.52. The van der Waals surface area contributed by atoms with Crippen molar-refractivity contribution < 1.29 is 4.79 Å². The number of Topliss-reactive ketones (excluding diaryl/α,β-unsaturated/α-hetero) is 1. The molecule has 1 saturated carbocycles. The van der Waals surface area contributed by atoms with E-state index in [4.69, 9.17) is 0 Å². The summed E-state index contributed by atoms with van der Waals surface area (Å²) in [5.41, 5.74) is 0. The van der Waals surface area contributed by atoms with E-state index in [-0.39, 0.29) is 5.25 Å². The quantitative estimate of drug-likeness (QED) is 0.674. The Labute approximate surface area is 79.3 Å². The highest BCUT2D eigenvalue weighted by atomic mass is 32.2. The second-order valence-electron chi connectivity index (χ2n) is 3.65. The third-order valence-corrected chi connectivity index (χ3v) is 4.12. The minimum atomic E-state index is 0.216. The van der Waals surface area contributed by atoms with E-state index in [2.05, 4.69) is 0 Å². The van der Waals surface area contributed by atoms with Crippen LogP contribution in [0.2, 0.25) is 0 Å². The molecule has 12 heavy (non-hydrogen) atoms. The van der Waals surface area contributed by atoms with Gasteiger partial charge < -0.3 is 0 Å². The molecule has 2 heteroatoms. The van der Waals surface area contributed by atoms with Crippen LogP contribution in [0.25, 0.3) is 0 Å². The number of thioether (sulfide) groups is 1. The lowest BCUT2D eigenvalue weighted by Crippen LogP contribution is -2.16. The van der Waals surface area contributed by atoms with Crippen molar-refractivity contribution in [2.24, 2.45) is 0 Å². The molecule has 0 aliphatic heterocycles. The second-order valence-corrected chi connectivity index (χ2v) is 5.29. The molecular weight excluding hydrogens is 168 g/mol. The molecule has 1 nitrogen and oxygen atoms in total. The Hall–Kier alpha value is 0.0200.